The first-order valence-electron chi connectivity index (χ1n) is 3.99. The summed E-state index contributed by atoms with van der Waals surface area (Å²) in [6, 6.07) is 5.92. The molecule has 1 aromatic rings. The minimum atomic E-state index is 0.335. The summed E-state index contributed by atoms with van der Waals surface area (Å²) in [5.74, 6) is 1.66. The summed E-state index contributed by atoms with van der Waals surface area (Å²) in [6.45, 7) is 0.335. The fraction of sp³-hybridized carbons (Fsp3) is 0.333. The monoisotopic (exact) mass is 160 g/mol. The summed E-state index contributed by atoms with van der Waals surface area (Å²) in [5.41, 5.74) is 1.20. The zero-order valence-electron chi connectivity index (χ0n) is 6.75. The molecule has 0 unspecified atom stereocenters. The maximum atomic E-state index is 5.43. The van der Waals surface area contributed by atoms with Crippen LogP contribution in [0.3, 0.4) is 0 Å². The van der Waals surface area contributed by atoms with Crippen molar-refractivity contribution in [2.75, 3.05) is 6.79 Å². The van der Waals surface area contributed by atoms with Crippen molar-refractivity contribution in [1.82, 2.24) is 0 Å². The standard InChI is InChI=1S/C9H9BO2/c10-4-3-7-1-2-8-9(5-7)12-6-11-8/h1-2,5H,3-4,6H2. The minimum absolute atomic E-state index is 0.335. The highest BCUT2D eigenvalue weighted by Crippen LogP contribution is 2.32. The van der Waals surface area contributed by atoms with Gasteiger partial charge < -0.3 is 9.47 Å². The van der Waals surface area contributed by atoms with Crippen molar-refractivity contribution in [3.05, 3.63) is 23.8 Å². The van der Waals surface area contributed by atoms with E-state index in [1.807, 2.05) is 18.2 Å². The average Bonchev–Trinajstić information content (AvgIpc) is 2.51. The van der Waals surface area contributed by atoms with Crippen molar-refractivity contribution in [2.45, 2.75) is 12.7 Å². The molecular formula is C9H9BO2. The Morgan fingerprint density at radius 2 is 2.08 bits per heavy atom. The predicted molar refractivity (Wildman–Crippen MR) is 46.8 cm³/mol. The molecule has 60 valence electrons. The van der Waals surface area contributed by atoms with Gasteiger partial charge in [-0.05, 0) is 24.1 Å². The Balaban J connectivity index is 2.26. The first kappa shape index (κ1) is 7.53. The van der Waals surface area contributed by atoms with Gasteiger partial charge in [-0.15, -0.1) is 0 Å². The summed E-state index contributed by atoms with van der Waals surface area (Å²) < 4.78 is 10.4. The first-order chi connectivity index (χ1) is 5.90. The molecule has 0 saturated carbocycles. The summed E-state index contributed by atoms with van der Waals surface area (Å²) in [5, 5.41) is 0. The molecule has 0 aliphatic carbocycles. The topological polar surface area (TPSA) is 18.5 Å². The molecule has 2 nitrogen and oxygen atoms in total. The molecule has 0 fully saturated rings. The quantitative estimate of drug-likeness (QED) is 0.611. The van der Waals surface area contributed by atoms with Gasteiger partial charge in [0, 0.05) is 0 Å². The summed E-state index contributed by atoms with van der Waals surface area (Å²) in [7, 11) is 5.43. The van der Waals surface area contributed by atoms with Gasteiger partial charge in [0.25, 0.3) is 0 Å². The zero-order valence-corrected chi connectivity index (χ0v) is 6.75. The molecular weight excluding hydrogens is 151 g/mol. The van der Waals surface area contributed by atoms with E-state index in [9.17, 15) is 0 Å². The molecule has 0 atom stereocenters. The highest BCUT2D eigenvalue weighted by Gasteiger charge is 2.12. The second-order valence-electron chi connectivity index (χ2n) is 2.73. The van der Waals surface area contributed by atoms with Gasteiger partial charge in [-0.2, -0.15) is 0 Å². The fourth-order valence-electron chi connectivity index (χ4n) is 1.26. The molecule has 2 rings (SSSR count). The van der Waals surface area contributed by atoms with Crippen LogP contribution in [0.5, 0.6) is 11.5 Å². The maximum absolute atomic E-state index is 5.43. The van der Waals surface area contributed by atoms with Crippen molar-refractivity contribution >= 4 is 7.85 Å². The lowest BCUT2D eigenvalue weighted by molar-refractivity contribution is 0.174. The number of ether oxygens (including phenoxy) is 2. The Hall–Kier alpha value is -1.12. The molecule has 0 spiro atoms. The molecule has 1 aliphatic heterocycles. The molecule has 1 heterocycles. The van der Waals surface area contributed by atoms with Crippen LogP contribution in [0.4, 0.5) is 0 Å². The number of hydrogen-bond acceptors (Lipinski definition) is 2. The molecule has 0 amide bonds. The smallest absolute Gasteiger partial charge is 0.231 e. The van der Waals surface area contributed by atoms with Crippen molar-refractivity contribution in [3.63, 3.8) is 0 Å². The number of benzene rings is 1. The van der Waals surface area contributed by atoms with Crippen LogP contribution in [0.25, 0.3) is 0 Å². The van der Waals surface area contributed by atoms with Crippen LogP contribution in [0.15, 0.2) is 18.2 Å². The molecule has 0 aromatic heterocycles. The summed E-state index contributed by atoms with van der Waals surface area (Å²) >= 11 is 0. The Bertz CT molecular complexity index is 286. The zero-order chi connectivity index (χ0) is 8.39. The Morgan fingerprint density at radius 1 is 1.25 bits per heavy atom. The Labute approximate surface area is 72.9 Å². The van der Waals surface area contributed by atoms with E-state index in [4.69, 9.17) is 17.3 Å². The Morgan fingerprint density at radius 3 is 2.92 bits per heavy atom. The van der Waals surface area contributed by atoms with Crippen molar-refractivity contribution in [1.29, 1.82) is 0 Å². The number of hydrogen-bond donors (Lipinski definition) is 0. The van der Waals surface area contributed by atoms with E-state index < -0.39 is 0 Å². The minimum Gasteiger partial charge on any atom is -0.454 e. The summed E-state index contributed by atoms with van der Waals surface area (Å²) in [6.07, 6.45) is 1.55. The normalized spacial score (nSPS) is 13.3. The molecule has 2 radical (unpaired) electrons. The third kappa shape index (κ3) is 1.27. The third-order valence-electron chi connectivity index (χ3n) is 1.87. The van der Waals surface area contributed by atoms with Crippen LogP contribution in [-0.4, -0.2) is 14.6 Å². The average molecular weight is 160 g/mol. The number of aryl methyl sites for hydroxylation is 1. The lowest BCUT2D eigenvalue weighted by Crippen LogP contribution is -1.92. The molecule has 1 aromatic carbocycles. The lowest BCUT2D eigenvalue weighted by Gasteiger charge is -1.99. The van der Waals surface area contributed by atoms with E-state index in [0.29, 0.717) is 13.1 Å². The molecule has 0 N–H and O–H groups in total. The van der Waals surface area contributed by atoms with Crippen LogP contribution in [0.1, 0.15) is 5.56 Å². The maximum Gasteiger partial charge on any atom is 0.231 e. The highest BCUT2D eigenvalue weighted by molar-refractivity contribution is 6.08. The largest absolute Gasteiger partial charge is 0.454 e. The van der Waals surface area contributed by atoms with E-state index in [2.05, 4.69) is 0 Å². The second-order valence-corrected chi connectivity index (χ2v) is 2.73. The van der Waals surface area contributed by atoms with Gasteiger partial charge in [-0.3, -0.25) is 0 Å². The first-order valence-corrected chi connectivity index (χ1v) is 3.99. The van der Waals surface area contributed by atoms with Crippen LogP contribution in [-0.2, 0) is 6.42 Å². The van der Waals surface area contributed by atoms with E-state index in [0.717, 1.165) is 17.9 Å². The lowest BCUT2D eigenvalue weighted by atomic mass is 9.97. The number of fused-ring (bicyclic) bond motifs is 1. The summed E-state index contributed by atoms with van der Waals surface area (Å²) in [4.78, 5) is 0. The predicted octanol–water partition coefficient (Wildman–Crippen LogP) is 1.54. The van der Waals surface area contributed by atoms with Gasteiger partial charge in [0.05, 0.1) is 7.85 Å². The van der Waals surface area contributed by atoms with Crippen LogP contribution in [0.2, 0.25) is 6.32 Å². The van der Waals surface area contributed by atoms with Crippen LogP contribution in [0, 0.1) is 0 Å². The van der Waals surface area contributed by atoms with Crippen LogP contribution < -0.4 is 9.47 Å². The van der Waals surface area contributed by atoms with Crippen molar-refractivity contribution < 1.29 is 9.47 Å². The van der Waals surface area contributed by atoms with Gasteiger partial charge in [0.15, 0.2) is 11.5 Å². The van der Waals surface area contributed by atoms with Gasteiger partial charge in [0.1, 0.15) is 0 Å². The van der Waals surface area contributed by atoms with Gasteiger partial charge in [0.2, 0.25) is 6.79 Å². The molecule has 12 heavy (non-hydrogen) atoms. The van der Waals surface area contributed by atoms with Gasteiger partial charge >= 0.3 is 0 Å². The van der Waals surface area contributed by atoms with E-state index in [1.54, 1.807) is 0 Å². The van der Waals surface area contributed by atoms with Gasteiger partial charge in [-0.1, -0.05) is 12.4 Å². The van der Waals surface area contributed by atoms with E-state index in [1.165, 1.54) is 5.56 Å². The Kier molecular flexibility index (Phi) is 1.94. The third-order valence-corrected chi connectivity index (χ3v) is 1.87. The molecule has 0 bridgehead atoms. The number of rotatable bonds is 2. The van der Waals surface area contributed by atoms with E-state index >= 15 is 0 Å². The molecule has 0 saturated heterocycles. The van der Waals surface area contributed by atoms with Crippen LogP contribution >= 0.6 is 0 Å². The second kappa shape index (κ2) is 3.09. The van der Waals surface area contributed by atoms with Gasteiger partial charge in [-0.25, -0.2) is 0 Å². The molecule has 3 heteroatoms. The highest BCUT2D eigenvalue weighted by atomic mass is 16.7. The van der Waals surface area contributed by atoms with E-state index in [-0.39, 0.29) is 0 Å². The molecule has 1 aliphatic rings. The SMILES string of the molecule is [B]CCc1ccc2c(c1)OCO2. The van der Waals surface area contributed by atoms with Crippen molar-refractivity contribution in [3.8, 4) is 11.5 Å². The fourth-order valence-corrected chi connectivity index (χ4v) is 1.26. The van der Waals surface area contributed by atoms with Crippen molar-refractivity contribution in [2.24, 2.45) is 0 Å².